The highest BCUT2D eigenvalue weighted by Crippen LogP contribution is 2.26. The Kier molecular flexibility index (Phi) is 7.88. The average Bonchev–Trinajstić information content (AvgIpc) is 3.20. The van der Waals surface area contributed by atoms with E-state index in [4.69, 9.17) is 9.84 Å². The lowest BCUT2D eigenvalue weighted by atomic mass is 10.0. The summed E-state index contributed by atoms with van der Waals surface area (Å²) in [7, 11) is 0. The maximum atomic E-state index is 13.8. The lowest BCUT2D eigenvalue weighted by Crippen LogP contribution is -2.35. The standard InChI is InChI=1S/C22H25F2N5O4/c1-14(2)11-18(22(32)26-19-7-9-28(27-19)8-4-10-30)29-20(31)12-15(13-25-29)33-21-16(23)5-3-6-17(21)24/h3,5-7,9,12-14,18,30H,4,8,10-11H2,1-2H3,(H,26,27,32)/t18-/m1/s1. The number of aromatic nitrogens is 4. The van der Waals surface area contributed by atoms with Crippen LogP contribution in [0.25, 0.3) is 0 Å². The van der Waals surface area contributed by atoms with Gasteiger partial charge in [-0.15, -0.1) is 0 Å². The number of benzene rings is 1. The summed E-state index contributed by atoms with van der Waals surface area (Å²) in [6, 6.07) is 4.93. The highest BCUT2D eigenvalue weighted by molar-refractivity contribution is 5.92. The van der Waals surface area contributed by atoms with Crippen molar-refractivity contribution in [3.8, 4) is 11.5 Å². The Balaban J connectivity index is 1.81. The van der Waals surface area contributed by atoms with E-state index in [2.05, 4.69) is 15.5 Å². The highest BCUT2D eigenvalue weighted by atomic mass is 19.1. The lowest BCUT2D eigenvalue weighted by molar-refractivity contribution is -0.120. The molecular weight excluding hydrogens is 436 g/mol. The predicted molar refractivity (Wildman–Crippen MR) is 116 cm³/mol. The third-order valence-corrected chi connectivity index (χ3v) is 4.67. The van der Waals surface area contributed by atoms with Crippen LogP contribution < -0.4 is 15.6 Å². The fourth-order valence-corrected chi connectivity index (χ4v) is 3.15. The van der Waals surface area contributed by atoms with Crippen molar-refractivity contribution in [2.75, 3.05) is 11.9 Å². The van der Waals surface area contributed by atoms with Gasteiger partial charge in [-0.3, -0.25) is 14.3 Å². The first kappa shape index (κ1) is 24.1. The van der Waals surface area contributed by atoms with Gasteiger partial charge < -0.3 is 15.2 Å². The molecule has 2 heterocycles. The Labute approximate surface area is 188 Å². The van der Waals surface area contributed by atoms with Crippen LogP contribution in [0.2, 0.25) is 0 Å². The predicted octanol–water partition coefficient (Wildman–Crippen LogP) is 3.12. The molecule has 0 aliphatic carbocycles. The van der Waals surface area contributed by atoms with E-state index in [1.807, 2.05) is 13.8 Å². The smallest absolute Gasteiger partial charge is 0.271 e. The van der Waals surface area contributed by atoms with Crippen LogP contribution in [-0.2, 0) is 11.3 Å². The van der Waals surface area contributed by atoms with E-state index in [1.165, 1.54) is 6.07 Å². The quantitative estimate of drug-likeness (QED) is 0.480. The van der Waals surface area contributed by atoms with Gasteiger partial charge in [0.15, 0.2) is 29.0 Å². The number of amides is 1. The van der Waals surface area contributed by atoms with E-state index in [9.17, 15) is 18.4 Å². The van der Waals surface area contributed by atoms with Gasteiger partial charge in [0.1, 0.15) is 6.04 Å². The zero-order valence-corrected chi connectivity index (χ0v) is 18.2. The van der Waals surface area contributed by atoms with Gasteiger partial charge in [-0.1, -0.05) is 19.9 Å². The molecule has 2 N–H and O–H groups in total. The minimum Gasteiger partial charge on any atom is -0.449 e. The molecule has 1 aromatic carbocycles. The first-order chi connectivity index (χ1) is 15.8. The molecule has 0 bridgehead atoms. The number of para-hydroxylation sites is 1. The number of aliphatic hydroxyl groups excluding tert-OH is 1. The summed E-state index contributed by atoms with van der Waals surface area (Å²) in [5.74, 6) is -2.78. The van der Waals surface area contributed by atoms with Crippen LogP contribution in [0.1, 0.15) is 32.7 Å². The average molecular weight is 461 g/mol. The molecular formula is C22H25F2N5O4. The van der Waals surface area contributed by atoms with Crippen molar-refractivity contribution < 1.29 is 23.4 Å². The van der Waals surface area contributed by atoms with E-state index >= 15 is 0 Å². The van der Waals surface area contributed by atoms with Crippen molar-refractivity contribution in [1.29, 1.82) is 0 Å². The van der Waals surface area contributed by atoms with Gasteiger partial charge in [0, 0.05) is 31.5 Å². The van der Waals surface area contributed by atoms with E-state index in [-0.39, 0.29) is 18.3 Å². The number of aryl methyl sites for hydroxylation is 1. The summed E-state index contributed by atoms with van der Waals surface area (Å²) in [4.78, 5) is 25.7. The van der Waals surface area contributed by atoms with Crippen LogP contribution in [0.5, 0.6) is 11.5 Å². The van der Waals surface area contributed by atoms with E-state index in [1.54, 1.807) is 16.9 Å². The van der Waals surface area contributed by atoms with Crippen LogP contribution in [0.4, 0.5) is 14.6 Å². The zero-order valence-electron chi connectivity index (χ0n) is 18.2. The van der Waals surface area contributed by atoms with Crippen LogP contribution >= 0.6 is 0 Å². The molecule has 0 radical (unpaired) electrons. The maximum absolute atomic E-state index is 13.8. The third-order valence-electron chi connectivity index (χ3n) is 4.67. The van der Waals surface area contributed by atoms with Gasteiger partial charge >= 0.3 is 0 Å². The SMILES string of the molecule is CC(C)C[C@H](C(=O)Nc1ccn(CCCO)n1)n1ncc(Oc2c(F)cccc2F)cc1=O. The number of nitrogens with one attached hydrogen (secondary N) is 1. The number of aliphatic hydroxyl groups is 1. The van der Waals surface area contributed by atoms with Crippen molar-refractivity contribution >= 4 is 11.7 Å². The molecule has 1 atom stereocenters. The van der Waals surface area contributed by atoms with Crippen LogP contribution in [-0.4, -0.2) is 37.2 Å². The Hall–Kier alpha value is -3.60. The molecule has 0 aliphatic rings. The first-order valence-electron chi connectivity index (χ1n) is 10.4. The first-order valence-corrected chi connectivity index (χ1v) is 10.4. The second-order valence-corrected chi connectivity index (χ2v) is 7.80. The minimum atomic E-state index is -0.945. The minimum absolute atomic E-state index is 0.0237. The summed E-state index contributed by atoms with van der Waals surface area (Å²) in [5, 5.41) is 19.8. The van der Waals surface area contributed by atoms with Crippen LogP contribution in [0.15, 0.2) is 47.5 Å². The van der Waals surface area contributed by atoms with Gasteiger partial charge in [0.05, 0.1) is 6.20 Å². The molecule has 1 amide bonds. The number of hydrogen-bond acceptors (Lipinski definition) is 6. The molecule has 33 heavy (non-hydrogen) atoms. The van der Waals surface area contributed by atoms with Crippen molar-refractivity contribution in [3.63, 3.8) is 0 Å². The molecule has 176 valence electrons. The number of rotatable bonds is 10. The molecule has 9 nitrogen and oxygen atoms in total. The van der Waals surface area contributed by atoms with Gasteiger partial charge in [-0.25, -0.2) is 13.5 Å². The molecule has 0 aliphatic heterocycles. The molecule has 2 aromatic heterocycles. The third kappa shape index (κ3) is 6.22. The normalized spacial score (nSPS) is 12.1. The van der Waals surface area contributed by atoms with Crippen molar-refractivity contribution in [1.82, 2.24) is 19.6 Å². The number of ether oxygens (including phenoxy) is 1. The summed E-state index contributed by atoms with van der Waals surface area (Å²) < 4.78 is 35.4. The van der Waals surface area contributed by atoms with Gasteiger partial charge in [0.25, 0.3) is 11.5 Å². The number of nitrogens with zero attached hydrogens (tertiary/aromatic N) is 4. The summed E-state index contributed by atoms with van der Waals surface area (Å²) in [6.45, 7) is 4.31. The second-order valence-electron chi connectivity index (χ2n) is 7.80. The number of anilines is 1. The molecule has 3 aromatic rings. The van der Waals surface area contributed by atoms with E-state index in [0.29, 0.717) is 25.2 Å². The Bertz CT molecular complexity index is 1140. The molecule has 11 heteroatoms. The van der Waals surface area contributed by atoms with E-state index in [0.717, 1.165) is 29.1 Å². The lowest BCUT2D eigenvalue weighted by Gasteiger charge is -2.19. The fraction of sp³-hybridized carbons (Fsp3) is 0.364. The number of carbonyl (C=O) groups excluding carboxylic acids is 1. The Morgan fingerprint density at radius 2 is 1.97 bits per heavy atom. The second kappa shape index (κ2) is 10.8. The van der Waals surface area contributed by atoms with Gasteiger partial charge in [0.2, 0.25) is 0 Å². The highest BCUT2D eigenvalue weighted by Gasteiger charge is 2.25. The molecule has 0 fully saturated rings. The van der Waals surface area contributed by atoms with Crippen molar-refractivity contribution in [2.24, 2.45) is 5.92 Å². The molecule has 0 saturated heterocycles. The topological polar surface area (TPSA) is 111 Å². The number of halogens is 2. The molecule has 0 saturated carbocycles. The zero-order chi connectivity index (χ0) is 24.0. The molecule has 0 unspecified atom stereocenters. The Morgan fingerprint density at radius 1 is 1.24 bits per heavy atom. The van der Waals surface area contributed by atoms with Gasteiger partial charge in [-0.2, -0.15) is 10.2 Å². The Morgan fingerprint density at radius 3 is 2.61 bits per heavy atom. The summed E-state index contributed by atoms with van der Waals surface area (Å²) >= 11 is 0. The number of hydrogen-bond donors (Lipinski definition) is 2. The van der Waals surface area contributed by atoms with E-state index < -0.39 is 34.9 Å². The fourth-order valence-electron chi connectivity index (χ4n) is 3.15. The monoisotopic (exact) mass is 461 g/mol. The summed E-state index contributed by atoms with van der Waals surface area (Å²) in [5.41, 5.74) is -0.668. The molecule has 3 rings (SSSR count). The van der Waals surface area contributed by atoms with Crippen LogP contribution in [0.3, 0.4) is 0 Å². The largest absolute Gasteiger partial charge is 0.449 e. The van der Waals surface area contributed by atoms with Crippen LogP contribution in [0, 0.1) is 17.6 Å². The molecule has 0 spiro atoms. The van der Waals surface area contributed by atoms with Gasteiger partial charge in [-0.05, 0) is 30.9 Å². The number of carbonyl (C=O) groups is 1. The van der Waals surface area contributed by atoms with Crippen molar-refractivity contribution in [2.45, 2.75) is 39.3 Å². The maximum Gasteiger partial charge on any atom is 0.271 e. The summed E-state index contributed by atoms with van der Waals surface area (Å²) in [6.07, 6.45) is 3.63. The van der Waals surface area contributed by atoms with Crippen molar-refractivity contribution in [3.05, 3.63) is 64.7 Å².